The molecule has 1 rings (SSSR count). The second-order valence-corrected chi connectivity index (χ2v) is 7.35. The van der Waals surface area contributed by atoms with Gasteiger partial charge in [0.05, 0.1) is 5.92 Å². The Labute approximate surface area is 182 Å². The number of hydrogen-bond donors (Lipinski definition) is 1. The monoisotopic (exact) mass is 437 g/mol. The van der Waals surface area contributed by atoms with Gasteiger partial charge in [0.25, 0.3) is 0 Å². The molecular formula is C22H31NO8. The molecule has 1 aromatic carbocycles. The molecule has 0 fully saturated rings. The summed E-state index contributed by atoms with van der Waals surface area (Å²) >= 11 is 0. The molecule has 1 aromatic rings. The van der Waals surface area contributed by atoms with Gasteiger partial charge in [-0.1, -0.05) is 26.3 Å². The summed E-state index contributed by atoms with van der Waals surface area (Å²) in [5.74, 6) is -2.25. The van der Waals surface area contributed by atoms with Crippen LogP contribution in [0.2, 0.25) is 0 Å². The summed E-state index contributed by atoms with van der Waals surface area (Å²) in [5, 5.41) is 0. The molecule has 2 N–H and O–H groups in total. The number of ether oxygens (including phenoxy) is 4. The first-order chi connectivity index (χ1) is 14.5. The van der Waals surface area contributed by atoms with Gasteiger partial charge in [-0.15, -0.1) is 0 Å². The topological polar surface area (TPSA) is 131 Å². The van der Waals surface area contributed by atoms with Gasteiger partial charge >= 0.3 is 23.9 Å². The van der Waals surface area contributed by atoms with Gasteiger partial charge < -0.3 is 24.7 Å². The van der Waals surface area contributed by atoms with Gasteiger partial charge in [-0.2, -0.15) is 0 Å². The van der Waals surface area contributed by atoms with Crippen LogP contribution in [-0.2, 0) is 35.1 Å². The number of hydrogen-bond acceptors (Lipinski definition) is 9. The lowest BCUT2D eigenvalue weighted by Gasteiger charge is -2.18. The van der Waals surface area contributed by atoms with E-state index in [0.717, 1.165) is 12.8 Å². The molecule has 1 unspecified atom stereocenters. The molecule has 0 radical (unpaired) electrons. The molecule has 0 bridgehead atoms. The number of carbonyl (C=O) groups excluding carboxylic acids is 4. The van der Waals surface area contributed by atoms with Crippen molar-refractivity contribution < 1.29 is 38.1 Å². The number of carbonyl (C=O) groups is 4. The van der Waals surface area contributed by atoms with Crippen LogP contribution in [0.25, 0.3) is 0 Å². The molecule has 0 amide bonds. The molecule has 0 aliphatic rings. The van der Waals surface area contributed by atoms with Crippen molar-refractivity contribution in [3.63, 3.8) is 0 Å². The van der Waals surface area contributed by atoms with Gasteiger partial charge in [0, 0.05) is 13.8 Å². The summed E-state index contributed by atoms with van der Waals surface area (Å²) in [5.41, 5.74) is 6.51. The minimum Gasteiger partial charge on any atom is -0.462 e. The molecule has 0 spiro atoms. The molecule has 0 aromatic heterocycles. The van der Waals surface area contributed by atoms with Crippen molar-refractivity contribution >= 4 is 23.9 Å². The van der Waals surface area contributed by atoms with E-state index < -0.39 is 30.1 Å². The van der Waals surface area contributed by atoms with E-state index in [1.54, 1.807) is 19.9 Å². The Bertz CT molecular complexity index is 792. The molecule has 0 aliphatic heterocycles. The molecule has 9 nitrogen and oxygen atoms in total. The Morgan fingerprint density at radius 1 is 0.968 bits per heavy atom. The molecule has 0 saturated heterocycles. The van der Waals surface area contributed by atoms with E-state index in [-0.39, 0.29) is 36.4 Å². The van der Waals surface area contributed by atoms with Crippen molar-refractivity contribution in [1.82, 2.24) is 0 Å². The lowest BCUT2D eigenvalue weighted by atomic mass is 10.1. The van der Waals surface area contributed by atoms with Crippen LogP contribution < -0.4 is 15.2 Å². The van der Waals surface area contributed by atoms with E-state index in [1.165, 1.54) is 26.0 Å². The van der Waals surface area contributed by atoms with Crippen LogP contribution in [0.4, 0.5) is 0 Å². The molecule has 172 valence electrons. The minimum absolute atomic E-state index is 0.0437. The fourth-order valence-electron chi connectivity index (χ4n) is 2.70. The summed E-state index contributed by atoms with van der Waals surface area (Å²) in [6, 6.07) is 3.51. The molecule has 0 aliphatic carbocycles. The zero-order chi connectivity index (χ0) is 23.6. The predicted molar refractivity (Wildman–Crippen MR) is 111 cm³/mol. The first-order valence-electron chi connectivity index (χ1n) is 10.2. The summed E-state index contributed by atoms with van der Waals surface area (Å²) < 4.78 is 20.5. The van der Waals surface area contributed by atoms with Crippen molar-refractivity contribution in [3.05, 3.63) is 23.8 Å². The zero-order valence-electron chi connectivity index (χ0n) is 18.6. The molecular weight excluding hydrogens is 406 g/mol. The third kappa shape index (κ3) is 9.61. The van der Waals surface area contributed by atoms with Crippen molar-refractivity contribution in [1.29, 1.82) is 0 Å². The Kier molecular flexibility index (Phi) is 10.7. The molecule has 9 heteroatoms. The maximum atomic E-state index is 12.3. The highest BCUT2D eigenvalue weighted by Crippen LogP contribution is 2.29. The van der Waals surface area contributed by atoms with Crippen LogP contribution >= 0.6 is 0 Å². The molecule has 3 atom stereocenters. The van der Waals surface area contributed by atoms with Crippen molar-refractivity contribution in [3.8, 4) is 11.5 Å². The van der Waals surface area contributed by atoms with E-state index in [0.29, 0.717) is 5.56 Å². The van der Waals surface area contributed by atoms with Crippen LogP contribution in [-0.4, -0.2) is 42.6 Å². The van der Waals surface area contributed by atoms with Gasteiger partial charge in [-0.25, -0.2) is 0 Å². The smallest absolute Gasteiger partial charge is 0.323 e. The molecule has 0 saturated carbocycles. The van der Waals surface area contributed by atoms with Crippen LogP contribution in [0.3, 0.4) is 0 Å². The van der Waals surface area contributed by atoms with Crippen LogP contribution in [0.15, 0.2) is 18.2 Å². The predicted octanol–water partition coefficient (Wildman–Crippen LogP) is 2.32. The summed E-state index contributed by atoms with van der Waals surface area (Å²) in [6.07, 6.45) is 1.03. The largest absolute Gasteiger partial charge is 0.462 e. The van der Waals surface area contributed by atoms with Crippen LogP contribution in [0, 0.1) is 5.92 Å². The fraction of sp³-hybridized carbons (Fsp3) is 0.545. The van der Waals surface area contributed by atoms with Crippen LogP contribution in [0.5, 0.6) is 11.5 Å². The van der Waals surface area contributed by atoms with E-state index in [9.17, 15) is 19.2 Å². The van der Waals surface area contributed by atoms with Crippen molar-refractivity contribution in [2.24, 2.45) is 11.7 Å². The number of esters is 4. The van der Waals surface area contributed by atoms with Crippen molar-refractivity contribution in [2.45, 2.75) is 66.0 Å². The second-order valence-electron chi connectivity index (χ2n) is 7.35. The zero-order valence-corrected chi connectivity index (χ0v) is 18.6. The minimum atomic E-state index is -0.998. The van der Waals surface area contributed by atoms with E-state index in [1.807, 2.05) is 6.92 Å². The highest BCUT2D eigenvalue weighted by molar-refractivity contribution is 5.77. The van der Waals surface area contributed by atoms with Gasteiger partial charge in [0.1, 0.15) is 18.8 Å². The normalized spacial score (nSPS) is 13.5. The Morgan fingerprint density at radius 3 is 2.16 bits per heavy atom. The van der Waals surface area contributed by atoms with Crippen molar-refractivity contribution in [2.75, 3.05) is 6.61 Å². The average molecular weight is 437 g/mol. The quantitative estimate of drug-likeness (QED) is 0.409. The Balaban J connectivity index is 2.67. The van der Waals surface area contributed by atoms with Gasteiger partial charge in [0.2, 0.25) is 0 Å². The van der Waals surface area contributed by atoms with Gasteiger partial charge in [-0.3, -0.25) is 19.2 Å². The molecule has 31 heavy (non-hydrogen) atoms. The summed E-state index contributed by atoms with van der Waals surface area (Å²) in [7, 11) is 0. The maximum absolute atomic E-state index is 12.3. The van der Waals surface area contributed by atoms with E-state index in [2.05, 4.69) is 0 Å². The fourth-order valence-corrected chi connectivity index (χ4v) is 2.70. The standard InChI is InChI=1S/C22H31NO8/c1-6-7-13(2)21(26)28-12-14(3)29-22(27)18(23)10-17-8-9-19(30-15(4)24)20(11-17)31-16(5)25/h8-9,11,13-14,18H,6-7,10,12,23H2,1-5H3/t13?,14-,18-/m0/s1. The SMILES string of the molecule is CCCC(C)C(=O)OC[C@H](C)OC(=O)[C@@H](N)Cc1ccc(OC(C)=O)c(OC(C)=O)c1. The van der Waals surface area contributed by atoms with Gasteiger partial charge in [0.15, 0.2) is 11.5 Å². The summed E-state index contributed by atoms with van der Waals surface area (Å²) in [4.78, 5) is 46.6. The third-order valence-electron chi connectivity index (χ3n) is 4.18. The number of nitrogens with two attached hydrogens (primary N) is 1. The Morgan fingerprint density at radius 2 is 1.58 bits per heavy atom. The molecule has 0 heterocycles. The van der Waals surface area contributed by atoms with E-state index >= 15 is 0 Å². The summed E-state index contributed by atoms with van der Waals surface area (Å²) in [6.45, 7) is 7.75. The van der Waals surface area contributed by atoms with Gasteiger partial charge in [-0.05, 0) is 37.5 Å². The number of rotatable bonds is 11. The third-order valence-corrected chi connectivity index (χ3v) is 4.18. The van der Waals surface area contributed by atoms with E-state index in [4.69, 9.17) is 24.7 Å². The second kappa shape index (κ2) is 12.7. The lowest BCUT2D eigenvalue weighted by molar-refractivity contribution is -0.161. The first-order valence-corrected chi connectivity index (χ1v) is 10.2. The number of benzene rings is 1. The Hall–Kier alpha value is -2.94. The first kappa shape index (κ1) is 26.1. The maximum Gasteiger partial charge on any atom is 0.323 e. The average Bonchev–Trinajstić information content (AvgIpc) is 2.67. The highest BCUT2D eigenvalue weighted by atomic mass is 16.6. The lowest BCUT2D eigenvalue weighted by Crippen LogP contribution is -2.37. The highest BCUT2D eigenvalue weighted by Gasteiger charge is 2.21. The van der Waals surface area contributed by atoms with Crippen LogP contribution in [0.1, 0.15) is 53.0 Å².